The molecule has 7 nitrogen and oxygen atoms in total. The van der Waals surface area contributed by atoms with E-state index in [1.165, 1.54) is 23.6 Å². The van der Waals surface area contributed by atoms with Crippen molar-refractivity contribution >= 4 is 40.7 Å². The highest BCUT2D eigenvalue weighted by molar-refractivity contribution is 7.14. The first-order chi connectivity index (χ1) is 14.9. The van der Waals surface area contributed by atoms with Crippen molar-refractivity contribution < 1.29 is 14.3 Å². The van der Waals surface area contributed by atoms with Gasteiger partial charge in [0, 0.05) is 30.1 Å². The summed E-state index contributed by atoms with van der Waals surface area (Å²) in [6, 6.07) is 8.24. The van der Waals surface area contributed by atoms with Gasteiger partial charge in [0.15, 0.2) is 0 Å². The Morgan fingerprint density at radius 3 is 2.90 bits per heavy atom. The first-order valence-corrected chi connectivity index (χ1v) is 10.9. The second-order valence-corrected chi connectivity index (χ2v) is 8.09. The summed E-state index contributed by atoms with van der Waals surface area (Å²) < 4.78 is 11.3. The number of carbonyl (C=O) groups is 1. The van der Waals surface area contributed by atoms with Crippen LogP contribution in [0.1, 0.15) is 35.5 Å². The summed E-state index contributed by atoms with van der Waals surface area (Å²) >= 11 is 7.65. The van der Waals surface area contributed by atoms with Crippen LogP contribution < -0.4 is 20.5 Å². The fourth-order valence-corrected chi connectivity index (χ4v) is 3.43. The Labute approximate surface area is 189 Å². The van der Waals surface area contributed by atoms with Crippen LogP contribution in [0.4, 0.5) is 5.82 Å². The number of nitrogen functional groups attached to an aromatic ring is 1. The molecule has 3 N–H and O–H groups in total. The Morgan fingerprint density at radius 2 is 2.16 bits per heavy atom. The number of ether oxygens (including phenoxy) is 2. The van der Waals surface area contributed by atoms with Crippen LogP contribution >= 0.6 is 22.9 Å². The highest BCUT2D eigenvalue weighted by Gasteiger charge is 2.10. The van der Waals surface area contributed by atoms with E-state index in [1.54, 1.807) is 24.4 Å². The molecule has 2 heterocycles. The zero-order valence-electron chi connectivity index (χ0n) is 17.2. The van der Waals surface area contributed by atoms with Crippen LogP contribution in [0.25, 0.3) is 6.08 Å². The van der Waals surface area contributed by atoms with E-state index in [9.17, 15) is 4.79 Å². The van der Waals surface area contributed by atoms with Crippen molar-refractivity contribution in [3.63, 3.8) is 0 Å². The van der Waals surface area contributed by atoms with E-state index < -0.39 is 0 Å². The minimum absolute atomic E-state index is 0.196. The summed E-state index contributed by atoms with van der Waals surface area (Å²) in [5, 5.41) is 3.80. The van der Waals surface area contributed by atoms with Crippen LogP contribution in [0.5, 0.6) is 16.7 Å². The second-order valence-electron chi connectivity index (χ2n) is 6.66. The largest absolute Gasteiger partial charge is 0.494 e. The Kier molecular flexibility index (Phi) is 7.86. The molecule has 0 saturated carbocycles. The summed E-state index contributed by atoms with van der Waals surface area (Å²) in [6.07, 6.45) is 7.86. The number of carbonyl (C=O) groups excluding carboxylic acids is 1. The smallest absolute Gasteiger partial charge is 0.279 e. The summed E-state index contributed by atoms with van der Waals surface area (Å²) in [6.45, 7) is 4.55. The lowest BCUT2D eigenvalue weighted by Gasteiger charge is -2.09. The maximum atomic E-state index is 12.3. The van der Waals surface area contributed by atoms with Crippen molar-refractivity contribution in [1.29, 1.82) is 0 Å². The third kappa shape index (κ3) is 6.70. The number of benzene rings is 1. The van der Waals surface area contributed by atoms with Crippen molar-refractivity contribution in [3.05, 3.63) is 64.3 Å². The van der Waals surface area contributed by atoms with Gasteiger partial charge in [0.25, 0.3) is 11.1 Å². The molecule has 0 aliphatic carbocycles. The molecule has 0 fully saturated rings. The minimum atomic E-state index is -0.222. The van der Waals surface area contributed by atoms with Crippen LogP contribution in [0.3, 0.4) is 0 Å². The molecular weight excluding hydrogens is 436 g/mol. The molecular formula is C22H23ClN4O3S. The predicted molar refractivity (Wildman–Crippen MR) is 124 cm³/mol. The van der Waals surface area contributed by atoms with Gasteiger partial charge >= 0.3 is 0 Å². The molecule has 1 atom stereocenters. The maximum absolute atomic E-state index is 12.3. The topological polar surface area (TPSA) is 99.4 Å². The molecule has 2 aromatic heterocycles. The number of amides is 1. The molecule has 3 aromatic rings. The van der Waals surface area contributed by atoms with Gasteiger partial charge in [-0.1, -0.05) is 35.9 Å². The lowest BCUT2D eigenvalue weighted by molar-refractivity contribution is 0.0947. The number of thiazole rings is 1. The third-order valence-corrected chi connectivity index (χ3v) is 5.16. The molecule has 1 amide bonds. The van der Waals surface area contributed by atoms with Gasteiger partial charge in [-0.05, 0) is 43.7 Å². The summed E-state index contributed by atoms with van der Waals surface area (Å²) in [4.78, 5) is 21.3. The van der Waals surface area contributed by atoms with Gasteiger partial charge in [-0.2, -0.15) is 0 Å². The SMILES string of the molecule is CCCOc1ccc(Oc2ncc(C=C[C@H](C)NC(=O)c3ccnc(N)c3)s2)c(Cl)c1. The molecule has 0 aliphatic rings. The minimum Gasteiger partial charge on any atom is -0.494 e. The number of pyridine rings is 1. The van der Waals surface area contributed by atoms with Crippen LogP contribution in [-0.4, -0.2) is 28.5 Å². The number of aromatic nitrogens is 2. The number of rotatable bonds is 9. The van der Waals surface area contributed by atoms with Gasteiger partial charge in [-0.25, -0.2) is 9.97 Å². The molecule has 9 heteroatoms. The highest BCUT2D eigenvalue weighted by atomic mass is 35.5. The van der Waals surface area contributed by atoms with E-state index in [0.717, 1.165) is 11.3 Å². The molecule has 0 aliphatic heterocycles. The number of nitrogens with zero attached hydrogens (tertiary/aromatic N) is 2. The van der Waals surface area contributed by atoms with Gasteiger partial charge in [-0.15, -0.1) is 0 Å². The van der Waals surface area contributed by atoms with Crippen molar-refractivity contribution in [1.82, 2.24) is 15.3 Å². The van der Waals surface area contributed by atoms with Gasteiger partial charge in [0.05, 0.1) is 16.5 Å². The molecule has 1 aromatic carbocycles. The Bertz CT molecular complexity index is 1070. The molecule has 0 radical (unpaired) electrons. The first-order valence-electron chi connectivity index (χ1n) is 9.71. The van der Waals surface area contributed by atoms with Gasteiger partial charge < -0.3 is 20.5 Å². The normalized spacial score (nSPS) is 12.0. The molecule has 0 unspecified atom stereocenters. The number of nitrogens with one attached hydrogen (secondary N) is 1. The van der Waals surface area contributed by atoms with Gasteiger partial charge in [0.1, 0.15) is 17.3 Å². The molecule has 31 heavy (non-hydrogen) atoms. The number of halogens is 1. The van der Waals surface area contributed by atoms with Crippen molar-refractivity contribution in [3.8, 4) is 16.7 Å². The molecule has 3 rings (SSSR count). The fourth-order valence-electron chi connectivity index (χ4n) is 2.53. The zero-order valence-corrected chi connectivity index (χ0v) is 18.7. The number of anilines is 1. The van der Waals surface area contributed by atoms with Crippen LogP contribution in [0, 0.1) is 0 Å². The summed E-state index contributed by atoms with van der Waals surface area (Å²) in [5.41, 5.74) is 6.08. The molecule has 0 spiro atoms. The van der Waals surface area contributed by atoms with Crippen LogP contribution in [0.15, 0.2) is 48.8 Å². The first kappa shape index (κ1) is 22.6. The van der Waals surface area contributed by atoms with Gasteiger partial charge in [0.2, 0.25) is 0 Å². The zero-order chi connectivity index (χ0) is 22.2. The quantitative estimate of drug-likeness (QED) is 0.458. The van der Waals surface area contributed by atoms with Crippen molar-refractivity contribution in [2.75, 3.05) is 12.3 Å². The lowest BCUT2D eigenvalue weighted by atomic mass is 10.2. The molecule has 0 saturated heterocycles. The number of hydrogen-bond acceptors (Lipinski definition) is 7. The van der Waals surface area contributed by atoms with Crippen LogP contribution in [0.2, 0.25) is 5.02 Å². The van der Waals surface area contributed by atoms with Crippen molar-refractivity contribution in [2.45, 2.75) is 26.3 Å². The van der Waals surface area contributed by atoms with E-state index in [1.807, 2.05) is 32.1 Å². The second kappa shape index (κ2) is 10.8. The number of nitrogens with two attached hydrogens (primary N) is 1. The summed E-state index contributed by atoms with van der Waals surface area (Å²) in [7, 11) is 0. The number of hydrogen-bond donors (Lipinski definition) is 2. The lowest BCUT2D eigenvalue weighted by Crippen LogP contribution is -2.31. The Hall–Kier alpha value is -3.10. The van der Waals surface area contributed by atoms with Crippen LogP contribution in [-0.2, 0) is 0 Å². The Balaban J connectivity index is 1.57. The van der Waals surface area contributed by atoms with E-state index in [4.69, 9.17) is 26.8 Å². The van der Waals surface area contributed by atoms with Crippen molar-refractivity contribution in [2.24, 2.45) is 0 Å². The highest BCUT2D eigenvalue weighted by Crippen LogP contribution is 2.34. The predicted octanol–water partition coefficient (Wildman–Crippen LogP) is 5.19. The van der Waals surface area contributed by atoms with E-state index in [2.05, 4.69) is 15.3 Å². The molecule has 0 bridgehead atoms. The molecule has 162 valence electrons. The average Bonchev–Trinajstić information content (AvgIpc) is 3.20. The van der Waals surface area contributed by atoms with E-state index in [-0.39, 0.29) is 11.9 Å². The fraction of sp³-hybridized carbons (Fsp3) is 0.227. The average molecular weight is 459 g/mol. The monoisotopic (exact) mass is 458 g/mol. The van der Waals surface area contributed by atoms with E-state index in [0.29, 0.717) is 39.7 Å². The Morgan fingerprint density at radius 1 is 1.32 bits per heavy atom. The standard InChI is InChI=1S/C22H23ClN4O3S/c1-3-10-29-16-5-7-19(18(23)12-16)30-22-26-13-17(31-22)6-4-14(2)27-21(28)15-8-9-25-20(24)11-15/h4-9,11-14H,3,10H2,1-2H3,(H2,24,25)(H,27,28)/t14-/m0/s1. The third-order valence-electron chi connectivity index (χ3n) is 4.03. The van der Waals surface area contributed by atoms with E-state index >= 15 is 0 Å². The maximum Gasteiger partial charge on any atom is 0.279 e. The summed E-state index contributed by atoms with van der Waals surface area (Å²) in [5.74, 6) is 1.29. The van der Waals surface area contributed by atoms with Gasteiger partial charge in [-0.3, -0.25) is 4.79 Å².